The molecule has 3 nitrogen and oxygen atoms in total. The summed E-state index contributed by atoms with van der Waals surface area (Å²) >= 11 is 1.02. The highest BCUT2D eigenvalue weighted by atomic mass is 32.1. The molecule has 0 unspecified atom stereocenters. The van der Waals surface area contributed by atoms with Crippen LogP contribution in [0, 0.1) is 0 Å². The average molecular weight is 325 g/mol. The number of rotatable bonds is 4. The third-order valence-corrected chi connectivity index (χ3v) is 3.49. The van der Waals surface area contributed by atoms with Gasteiger partial charge in [0.2, 0.25) is 0 Å². The van der Waals surface area contributed by atoms with Crippen LogP contribution in [0.2, 0.25) is 0 Å². The Morgan fingerprint density at radius 3 is 2.36 bits per heavy atom. The zero-order valence-electron chi connectivity index (χ0n) is 11.0. The van der Waals surface area contributed by atoms with Crippen molar-refractivity contribution in [2.24, 2.45) is 4.99 Å². The lowest BCUT2D eigenvalue weighted by Gasteiger charge is -2.07. The van der Waals surface area contributed by atoms with Gasteiger partial charge in [-0.2, -0.15) is 13.2 Å². The van der Waals surface area contributed by atoms with Gasteiger partial charge in [-0.3, -0.25) is 9.79 Å². The number of alkyl halides is 3. The molecule has 1 N–H and O–H groups in total. The number of carbonyl (C=O) groups is 1. The summed E-state index contributed by atoms with van der Waals surface area (Å²) in [5.74, 6) is -2.88. The number of Topliss-reactive ketones (excluding diaryl/α,β-unsaturated/α-hetero) is 1. The predicted molar refractivity (Wildman–Crippen MR) is 79.5 cm³/mol. The second-order valence-electron chi connectivity index (χ2n) is 4.16. The monoisotopic (exact) mass is 325 g/mol. The molecule has 0 spiro atoms. The molecule has 22 heavy (non-hydrogen) atoms. The molecule has 0 bridgehead atoms. The van der Waals surface area contributed by atoms with Crippen molar-refractivity contribution in [3.05, 3.63) is 58.3 Å². The molecule has 0 aliphatic carbocycles. The molecule has 0 aliphatic heterocycles. The first-order valence-electron chi connectivity index (χ1n) is 6.07. The van der Waals surface area contributed by atoms with E-state index in [4.69, 9.17) is 0 Å². The smallest absolute Gasteiger partial charge is 0.455 e. The number of carbonyl (C=O) groups excluding carboxylic acids is 1. The maximum atomic E-state index is 12.7. The molecule has 1 aromatic heterocycles. The topological polar surface area (TPSA) is 49.7 Å². The highest BCUT2D eigenvalue weighted by Gasteiger charge is 2.41. The molecule has 7 heteroatoms. The number of allylic oxidation sites excluding steroid dienone is 1. The Bertz CT molecular complexity index is 704. The van der Waals surface area contributed by atoms with Gasteiger partial charge in [0.05, 0.1) is 16.1 Å². The summed E-state index contributed by atoms with van der Waals surface area (Å²) in [6.07, 6.45) is -4.36. The minimum absolute atomic E-state index is 0.159. The third kappa shape index (κ3) is 3.82. The average Bonchev–Trinajstić information content (AvgIpc) is 3.01. The number of aliphatic imine (C=N–C) groups is 1. The van der Waals surface area contributed by atoms with Crippen LogP contribution in [0.15, 0.2) is 58.4 Å². The van der Waals surface area contributed by atoms with Crippen molar-refractivity contribution in [1.29, 1.82) is 0 Å². The first kappa shape index (κ1) is 16.0. The Kier molecular flexibility index (Phi) is 4.77. The number of halogens is 3. The number of aliphatic hydroxyl groups is 1. The van der Waals surface area contributed by atoms with Gasteiger partial charge in [-0.25, -0.2) is 0 Å². The summed E-state index contributed by atoms with van der Waals surface area (Å²) in [4.78, 5) is 15.5. The van der Waals surface area contributed by atoms with Crippen LogP contribution in [0.1, 0.15) is 4.88 Å². The minimum Gasteiger partial charge on any atom is -0.506 e. The molecule has 0 atom stereocenters. The van der Waals surface area contributed by atoms with Gasteiger partial charge in [0, 0.05) is 6.21 Å². The lowest BCUT2D eigenvalue weighted by Crippen LogP contribution is -2.26. The SMILES string of the molecule is O=C(/C(C=Nc1ccccc1)=C(\O)c1cccs1)C(F)(F)F. The van der Waals surface area contributed by atoms with Crippen LogP contribution in [-0.2, 0) is 4.79 Å². The van der Waals surface area contributed by atoms with Crippen LogP contribution in [-0.4, -0.2) is 23.3 Å². The fourth-order valence-electron chi connectivity index (χ4n) is 1.58. The van der Waals surface area contributed by atoms with E-state index in [1.807, 2.05) is 0 Å². The molecular weight excluding hydrogens is 315 g/mol. The number of thiophene rings is 1. The highest BCUT2D eigenvalue weighted by molar-refractivity contribution is 7.11. The number of hydrogen-bond donors (Lipinski definition) is 1. The van der Waals surface area contributed by atoms with Crippen molar-refractivity contribution in [2.75, 3.05) is 0 Å². The summed E-state index contributed by atoms with van der Waals surface area (Å²) < 4.78 is 38.0. The van der Waals surface area contributed by atoms with Crippen molar-refractivity contribution in [1.82, 2.24) is 0 Å². The van der Waals surface area contributed by atoms with Crippen LogP contribution in [0.3, 0.4) is 0 Å². The van der Waals surface area contributed by atoms with E-state index in [-0.39, 0.29) is 4.88 Å². The summed E-state index contributed by atoms with van der Waals surface area (Å²) in [6, 6.07) is 11.1. The summed E-state index contributed by atoms with van der Waals surface area (Å²) in [5.41, 5.74) is -0.521. The second kappa shape index (κ2) is 6.57. The van der Waals surface area contributed by atoms with E-state index in [1.165, 1.54) is 6.07 Å². The number of benzene rings is 1. The van der Waals surface area contributed by atoms with E-state index in [9.17, 15) is 23.1 Å². The number of nitrogens with zero attached hydrogens (tertiary/aromatic N) is 1. The van der Waals surface area contributed by atoms with Crippen LogP contribution >= 0.6 is 11.3 Å². The number of ketones is 1. The molecule has 2 aromatic rings. The Balaban J connectivity index is 2.45. The van der Waals surface area contributed by atoms with Crippen LogP contribution in [0.25, 0.3) is 5.76 Å². The van der Waals surface area contributed by atoms with Crippen molar-refractivity contribution in [3.63, 3.8) is 0 Å². The molecule has 0 saturated carbocycles. The van der Waals surface area contributed by atoms with E-state index < -0.39 is 23.3 Å². The molecule has 0 amide bonds. The lowest BCUT2D eigenvalue weighted by molar-refractivity contribution is -0.165. The zero-order chi connectivity index (χ0) is 16.2. The van der Waals surface area contributed by atoms with Gasteiger partial charge in [-0.05, 0) is 23.6 Å². The minimum atomic E-state index is -5.09. The molecule has 1 heterocycles. The van der Waals surface area contributed by atoms with Gasteiger partial charge in [0.25, 0.3) is 5.78 Å². The quantitative estimate of drug-likeness (QED) is 0.509. The van der Waals surface area contributed by atoms with Crippen LogP contribution < -0.4 is 0 Å². The molecule has 1 aromatic carbocycles. The fraction of sp³-hybridized carbons (Fsp3) is 0.0667. The Morgan fingerprint density at radius 2 is 1.82 bits per heavy atom. The first-order chi connectivity index (χ1) is 10.4. The van der Waals surface area contributed by atoms with E-state index in [0.29, 0.717) is 5.69 Å². The Morgan fingerprint density at radius 1 is 1.14 bits per heavy atom. The first-order valence-corrected chi connectivity index (χ1v) is 6.95. The molecule has 2 rings (SSSR count). The Labute approximate surface area is 128 Å². The van der Waals surface area contributed by atoms with Crippen LogP contribution in [0.4, 0.5) is 18.9 Å². The van der Waals surface area contributed by atoms with Gasteiger partial charge >= 0.3 is 6.18 Å². The fourth-order valence-corrected chi connectivity index (χ4v) is 2.26. The van der Waals surface area contributed by atoms with E-state index in [0.717, 1.165) is 17.6 Å². The third-order valence-electron chi connectivity index (χ3n) is 2.61. The Hall–Kier alpha value is -2.41. The van der Waals surface area contributed by atoms with Crippen molar-refractivity contribution >= 4 is 34.8 Å². The van der Waals surface area contributed by atoms with Gasteiger partial charge < -0.3 is 5.11 Å². The molecule has 0 saturated heterocycles. The van der Waals surface area contributed by atoms with E-state index in [1.54, 1.807) is 41.8 Å². The van der Waals surface area contributed by atoms with Crippen LogP contribution in [0.5, 0.6) is 0 Å². The van der Waals surface area contributed by atoms with Gasteiger partial charge in [-0.1, -0.05) is 24.3 Å². The number of para-hydroxylation sites is 1. The summed E-state index contributed by atoms with van der Waals surface area (Å²) in [5, 5.41) is 11.5. The number of hydrogen-bond acceptors (Lipinski definition) is 4. The van der Waals surface area contributed by atoms with E-state index in [2.05, 4.69) is 4.99 Å². The van der Waals surface area contributed by atoms with Gasteiger partial charge in [0.15, 0.2) is 0 Å². The summed E-state index contributed by atoms with van der Waals surface area (Å²) in [7, 11) is 0. The summed E-state index contributed by atoms with van der Waals surface area (Å²) in [6.45, 7) is 0. The van der Waals surface area contributed by atoms with Crippen molar-refractivity contribution in [3.8, 4) is 0 Å². The normalized spacial score (nSPS) is 13.2. The highest BCUT2D eigenvalue weighted by Crippen LogP contribution is 2.27. The molecule has 0 aliphatic rings. The van der Waals surface area contributed by atoms with E-state index >= 15 is 0 Å². The largest absolute Gasteiger partial charge is 0.506 e. The molecule has 114 valence electrons. The zero-order valence-corrected chi connectivity index (χ0v) is 11.9. The van der Waals surface area contributed by atoms with Gasteiger partial charge in [-0.15, -0.1) is 11.3 Å². The molecule has 0 fully saturated rings. The van der Waals surface area contributed by atoms with Crippen molar-refractivity contribution in [2.45, 2.75) is 6.18 Å². The molecule has 0 radical (unpaired) electrons. The second-order valence-corrected chi connectivity index (χ2v) is 5.11. The standard InChI is InChI=1S/C15H10F3NO2S/c16-15(17,18)14(21)11(13(20)12-7-4-8-22-12)9-19-10-5-2-1-3-6-10/h1-9,20H/b13-11-,19-9?. The maximum Gasteiger partial charge on any atom is 0.455 e. The van der Waals surface area contributed by atoms with Crippen molar-refractivity contribution < 1.29 is 23.1 Å². The number of aliphatic hydroxyl groups excluding tert-OH is 1. The maximum absolute atomic E-state index is 12.7. The predicted octanol–water partition coefficient (Wildman–Crippen LogP) is 4.55. The molecular formula is C15H10F3NO2S. The van der Waals surface area contributed by atoms with Gasteiger partial charge in [0.1, 0.15) is 5.76 Å². The lowest BCUT2D eigenvalue weighted by atomic mass is 10.1.